The number of fused-ring (bicyclic) bond motifs is 1. The lowest BCUT2D eigenvalue weighted by molar-refractivity contribution is 0.0931. The lowest BCUT2D eigenvalue weighted by Gasteiger charge is -2.23. The highest BCUT2D eigenvalue weighted by molar-refractivity contribution is 5.97. The van der Waals surface area contributed by atoms with Crippen LogP contribution in [-0.2, 0) is 0 Å². The van der Waals surface area contributed by atoms with Crippen molar-refractivity contribution in [3.63, 3.8) is 0 Å². The molecule has 1 aliphatic heterocycles. The molecular formula is C14H17ClN4O3. The Hall–Kier alpha value is -2.12. The molecule has 2 heterocycles. The van der Waals surface area contributed by atoms with E-state index in [1.54, 1.807) is 18.2 Å². The number of hydrogen-bond donors (Lipinski definition) is 4. The molecular weight excluding hydrogens is 308 g/mol. The lowest BCUT2D eigenvalue weighted by Crippen LogP contribution is -2.45. The van der Waals surface area contributed by atoms with Gasteiger partial charge >= 0.3 is 11.1 Å². The molecule has 4 N–H and O–H groups in total. The van der Waals surface area contributed by atoms with Crippen molar-refractivity contribution in [3.05, 3.63) is 44.5 Å². The SMILES string of the molecule is Cl.O=C(N[C@H]1CCCNC1)c1ccc2[nH]c(=O)c(=O)[nH]c2c1. The van der Waals surface area contributed by atoms with Gasteiger partial charge in [0.05, 0.1) is 11.0 Å². The third-order valence-corrected chi connectivity index (χ3v) is 3.62. The number of halogens is 1. The van der Waals surface area contributed by atoms with E-state index in [4.69, 9.17) is 0 Å². The Balaban J connectivity index is 0.00000176. The average Bonchev–Trinajstić information content (AvgIpc) is 2.49. The van der Waals surface area contributed by atoms with Crippen LogP contribution in [0.2, 0.25) is 0 Å². The molecule has 22 heavy (non-hydrogen) atoms. The van der Waals surface area contributed by atoms with E-state index in [-0.39, 0.29) is 24.4 Å². The van der Waals surface area contributed by atoms with Gasteiger partial charge in [-0.15, -0.1) is 12.4 Å². The molecule has 1 aliphatic rings. The topological polar surface area (TPSA) is 107 Å². The molecule has 0 saturated carbocycles. The molecule has 7 nitrogen and oxygen atoms in total. The van der Waals surface area contributed by atoms with Crippen molar-refractivity contribution in [1.29, 1.82) is 0 Å². The quantitative estimate of drug-likeness (QED) is 0.589. The normalized spacial score (nSPS) is 17.7. The summed E-state index contributed by atoms with van der Waals surface area (Å²) in [5.41, 5.74) is -0.0372. The van der Waals surface area contributed by atoms with Gasteiger partial charge < -0.3 is 20.6 Å². The summed E-state index contributed by atoms with van der Waals surface area (Å²) in [6.07, 6.45) is 1.99. The standard InChI is InChI=1S/C14H16N4O3.ClH/c19-12(16-9-2-1-5-15-7-9)8-3-4-10-11(6-8)18-14(21)13(20)17-10;/h3-4,6,9,15H,1-2,5,7H2,(H,16,19)(H,17,20)(H,18,21);1H/t9-;/m0./s1. The van der Waals surface area contributed by atoms with Crippen LogP contribution in [0.3, 0.4) is 0 Å². The summed E-state index contributed by atoms with van der Waals surface area (Å²) in [5, 5.41) is 6.19. The molecule has 1 atom stereocenters. The Morgan fingerprint density at radius 1 is 1.14 bits per heavy atom. The summed E-state index contributed by atoms with van der Waals surface area (Å²) in [5.74, 6) is -0.183. The van der Waals surface area contributed by atoms with Crippen molar-refractivity contribution < 1.29 is 4.79 Å². The molecule has 1 aromatic heterocycles. The predicted molar refractivity (Wildman–Crippen MR) is 85.8 cm³/mol. The van der Waals surface area contributed by atoms with E-state index >= 15 is 0 Å². The van der Waals surface area contributed by atoms with Gasteiger partial charge in [0, 0.05) is 18.2 Å². The molecule has 1 amide bonds. The first-order chi connectivity index (χ1) is 10.1. The molecule has 0 spiro atoms. The second-order valence-electron chi connectivity index (χ2n) is 5.19. The smallest absolute Gasteiger partial charge is 0.314 e. The van der Waals surface area contributed by atoms with Crippen LogP contribution in [0.25, 0.3) is 11.0 Å². The highest BCUT2D eigenvalue weighted by atomic mass is 35.5. The number of amides is 1. The summed E-state index contributed by atoms with van der Waals surface area (Å²) in [7, 11) is 0. The van der Waals surface area contributed by atoms with Gasteiger partial charge in [-0.1, -0.05) is 0 Å². The molecule has 0 aliphatic carbocycles. The number of hydrogen-bond acceptors (Lipinski definition) is 4. The van der Waals surface area contributed by atoms with Gasteiger partial charge in [0.15, 0.2) is 0 Å². The van der Waals surface area contributed by atoms with Crippen molar-refractivity contribution in [2.45, 2.75) is 18.9 Å². The molecule has 1 aromatic carbocycles. The van der Waals surface area contributed by atoms with Crippen molar-refractivity contribution >= 4 is 29.3 Å². The number of carbonyl (C=O) groups excluding carboxylic acids is 1. The van der Waals surface area contributed by atoms with Crippen LogP contribution in [0, 0.1) is 0 Å². The molecule has 8 heteroatoms. The van der Waals surface area contributed by atoms with Crippen LogP contribution in [0.1, 0.15) is 23.2 Å². The minimum Gasteiger partial charge on any atom is -0.348 e. The van der Waals surface area contributed by atoms with Crippen LogP contribution < -0.4 is 21.8 Å². The van der Waals surface area contributed by atoms with E-state index in [0.29, 0.717) is 16.6 Å². The van der Waals surface area contributed by atoms with Gasteiger partial charge in [-0.3, -0.25) is 14.4 Å². The minimum atomic E-state index is -0.725. The number of H-pyrrole nitrogens is 2. The van der Waals surface area contributed by atoms with Gasteiger partial charge in [0.25, 0.3) is 5.91 Å². The van der Waals surface area contributed by atoms with E-state index in [9.17, 15) is 14.4 Å². The van der Waals surface area contributed by atoms with Crippen molar-refractivity contribution in [3.8, 4) is 0 Å². The highest BCUT2D eigenvalue weighted by Gasteiger charge is 2.16. The first-order valence-corrected chi connectivity index (χ1v) is 6.91. The molecule has 2 aromatic rings. The molecule has 118 valence electrons. The number of nitrogens with one attached hydrogen (secondary N) is 4. The molecule has 1 fully saturated rings. The Bertz CT molecular complexity index is 793. The number of carbonyl (C=O) groups is 1. The van der Waals surface area contributed by atoms with Crippen molar-refractivity contribution in [2.75, 3.05) is 13.1 Å². The van der Waals surface area contributed by atoms with Gasteiger partial charge in [0.2, 0.25) is 0 Å². The maximum absolute atomic E-state index is 12.2. The van der Waals surface area contributed by atoms with Crippen LogP contribution in [0.5, 0.6) is 0 Å². The largest absolute Gasteiger partial charge is 0.348 e. The molecule has 3 rings (SSSR count). The molecule has 0 bridgehead atoms. The van der Waals surface area contributed by atoms with Crippen LogP contribution in [0.15, 0.2) is 27.8 Å². The highest BCUT2D eigenvalue weighted by Crippen LogP contribution is 2.10. The Morgan fingerprint density at radius 3 is 2.55 bits per heavy atom. The van der Waals surface area contributed by atoms with E-state index in [2.05, 4.69) is 20.6 Å². The van der Waals surface area contributed by atoms with Gasteiger partial charge in [-0.25, -0.2) is 0 Å². The van der Waals surface area contributed by atoms with E-state index < -0.39 is 11.1 Å². The Morgan fingerprint density at radius 2 is 1.86 bits per heavy atom. The fourth-order valence-corrected chi connectivity index (χ4v) is 2.50. The Labute approximate surface area is 131 Å². The first kappa shape index (κ1) is 16.3. The maximum Gasteiger partial charge on any atom is 0.314 e. The van der Waals surface area contributed by atoms with E-state index in [1.807, 2.05) is 0 Å². The van der Waals surface area contributed by atoms with Gasteiger partial charge in [-0.05, 0) is 37.6 Å². The van der Waals surface area contributed by atoms with Crippen LogP contribution in [0.4, 0.5) is 0 Å². The number of aromatic nitrogens is 2. The first-order valence-electron chi connectivity index (χ1n) is 6.91. The predicted octanol–water partition coefficient (Wildman–Crippen LogP) is 0.120. The molecule has 0 unspecified atom stereocenters. The summed E-state index contributed by atoms with van der Waals surface area (Å²) >= 11 is 0. The zero-order valence-electron chi connectivity index (χ0n) is 11.8. The summed E-state index contributed by atoms with van der Waals surface area (Å²) in [4.78, 5) is 39.7. The minimum absolute atomic E-state index is 0. The summed E-state index contributed by atoms with van der Waals surface area (Å²) < 4.78 is 0. The van der Waals surface area contributed by atoms with E-state index in [1.165, 1.54) is 0 Å². The average molecular weight is 325 g/mol. The molecule has 0 radical (unpaired) electrons. The number of rotatable bonds is 2. The van der Waals surface area contributed by atoms with Crippen LogP contribution >= 0.6 is 12.4 Å². The zero-order chi connectivity index (χ0) is 14.8. The van der Waals surface area contributed by atoms with Crippen molar-refractivity contribution in [1.82, 2.24) is 20.6 Å². The summed E-state index contributed by atoms with van der Waals surface area (Å²) in [6.45, 7) is 1.75. The van der Waals surface area contributed by atoms with E-state index in [0.717, 1.165) is 25.9 Å². The monoisotopic (exact) mass is 324 g/mol. The number of aromatic amines is 2. The number of benzene rings is 1. The van der Waals surface area contributed by atoms with Gasteiger partial charge in [-0.2, -0.15) is 0 Å². The third-order valence-electron chi connectivity index (χ3n) is 3.62. The van der Waals surface area contributed by atoms with Crippen LogP contribution in [-0.4, -0.2) is 35.0 Å². The summed E-state index contributed by atoms with van der Waals surface area (Å²) in [6, 6.07) is 4.93. The lowest BCUT2D eigenvalue weighted by atomic mass is 10.1. The third kappa shape index (κ3) is 3.37. The second kappa shape index (κ2) is 6.76. The fraction of sp³-hybridized carbons (Fsp3) is 0.357. The second-order valence-corrected chi connectivity index (χ2v) is 5.19. The zero-order valence-corrected chi connectivity index (χ0v) is 12.6. The molecule has 1 saturated heterocycles. The van der Waals surface area contributed by atoms with Crippen molar-refractivity contribution in [2.24, 2.45) is 0 Å². The fourth-order valence-electron chi connectivity index (χ4n) is 2.50. The van der Waals surface area contributed by atoms with Gasteiger partial charge in [0.1, 0.15) is 0 Å². The maximum atomic E-state index is 12.2. The Kier molecular flexibility index (Phi) is 4.99. The number of piperidine rings is 1.